The Balaban J connectivity index is 1.94. The summed E-state index contributed by atoms with van der Waals surface area (Å²) in [5, 5.41) is 12.3. The van der Waals surface area contributed by atoms with Crippen molar-refractivity contribution in [1.29, 1.82) is 5.26 Å². The number of thiophene rings is 1. The van der Waals surface area contributed by atoms with E-state index in [-0.39, 0.29) is 0 Å². The van der Waals surface area contributed by atoms with E-state index in [1.165, 1.54) is 5.00 Å². The highest BCUT2D eigenvalue weighted by molar-refractivity contribution is 7.14. The van der Waals surface area contributed by atoms with Gasteiger partial charge in [-0.15, -0.1) is 11.3 Å². The van der Waals surface area contributed by atoms with Crippen LogP contribution in [0, 0.1) is 17.2 Å². The van der Waals surface area contributed by atoms with Gasteiger partial charge < -0.3 is 4.90 Å². The van der Waals surface area contributed by atoms with Gasteiger partial charge >= 0.3 is 0 Å². The molecule has 1 aliphatic carbocycles. The van der Waals surface area contributed by atoms with Crippen LogP contribution in [0.25, 0.3) is 0 Å². The van der Waals surface area contributed by atoms with Crippen molar-refractivity contribution in [2.24, 2.45) is 5.92 Å². The average Bonchev–Trinajstić information content (AvgIpc) is 2.82. The van der Waals surface area contributed by atoms with Crippen molar-refractivity contribution in [3.8, 4) is 6.07 Å². The molecule has 1 aliphatic rings. The normalized spacial score (nSPS) is 25.9. The molecular formula is C12H16N2S. The molecule has 0 atom stereocenters. The van der Waals surface area contributed by atoms with E-state index in [1.807, 2.05) is 0 Å². The number of hydrogen-bond donors (Lipinski definition) is 0. The van der Waals surface area contributed by atoms with Crippen LogP contribution >= 0.6 is 11.3 Å². The smallest absolute Gasteiger partial charge is 0.0908 e. The van der Waals surface area contributed by atoms with Crippen molar-refractivity contribution >= 4 is 16.3 Å². The maximum atomic E-state index is 8.84. The number of anilines is 1. The van der Waals surface area contributed by atoms with E-state index in [2.05, 4.69) is 35.5 Å². The molecule has 80 valence electrons. The highest BCUT2D eigenvalue weighted by Gasteiger charge is 2.24. The summed E-state index contributed by atoms with van der Waals surface area (Å²) in [5.74, 6) is 0.304. The summed E-state index contributed by atoms with van der Waals surface area (Å²) < 4.78 is 0. The minimum absolute atomic E-state index is 0.304. The van der Waals surface area contributed by atoms with Gasteiger partial charge in [0.2, 0.25) is 0 Å². The first-order chi connectivity index (χ1) is 7.31. The second kappa shape index (κ2) is 4.67. The zero-order valence-electron chi connectivity index (χ0n) is 9.02. The fraction of sp³-hybridized carbons (Fsp3) is 0.583. The molecule has 0 saturated heterocycles. The van der Waals surface area contributed by atoms with Crippen molar-refractivity contribution in [1.82, 2.24) is 0 Å². The van der Waals surface area contributed by atoms with Gasteiger partial charge in [-0.3, -0.25) is 0 Å². The molecule has 0 spiro atoms. The standard InChI is InChI=1S/C12H16N2S/c1-14(12-3-2-8-15-12)11-6-4-10(9-13)5-7-11/h2-3,8,10-11H,4-7H2,1H3. The average molecular weight is 220 g/mol. The molecule has 15 heavy (non-hydrogen) atoms. The predicted octanol–water partition coefficient (Wildman–Crippen LogP) is 3.27. The van der Waals surface area contributed by atoms with Crippen LogP contribution < -0.4 is 4.90 Å². The fourth-order valence-electron chi connectivity index (χ4n) is 2.24. The molecule has 1 heterocycles. The first-order valence-corrected chi connectivity index (χ1v) is 6.35. The minimum Gasteiger partial charge on any atom is -0.364 e. The monoisotopic (exact) mass is 220 g/mol. The summed E-state index contributed by atoms with van der Waals surface area (Å²) in [5.41, 5.74) is 0. The highest BCUT2D eigenvalue weighted by Crippen LogP contribution is 2.31. The molecule has 1 fully saturated rings. The molecule has 0 amide bonds. The zero-order valence-corrected chi connectivity index (χ0v) is 9.83. The van der Waals surface area contributed by atoms with E-state index in [1.54, 1.807) is 11.3 Å². The molecule has 2 rings (SSSR count). The molecule has 0 radical (unpaired) electrons. The highest BCUT2D eigenvalue weighted by atomic mass is 32.1. The van der Waals surface area contributed by atoms with Crippen LogP contribution in [0.3, 0.4) is 0 Å². The molecule has 0 aliphatic heterocycles. The first-order valence-electron chi connectivity index (χ1n) is 5.47. The summed E-state index contributed by atoms with van der Waals surface area (Å²) in [7, 11) is 2.17. The van der Waals surface area contributed by atoms with Crippen LogP contribution in [-0.2, 0) is 0 Å². The Morgan fingerprint density at radius 1 is 1.40 bits per heavy atom. The molecule has 0 unspecified atom stereocenters. The van der Waals surface area contributed by atoms with Gasteiger partial charge in [-0.05, 0) is 43.2 Å². The third-order valence-electron chi connectivity index (χ3n) is 3.28. The predicted molar refractivity (Wildman–Crippen MR) is 64.1 cm³/mol. The lowest BCUT2D eigenvalue weighted by Crippen LogP contribution is -2.34. The number of nitriles is 1. The largest absolute Gasteiger partial charge is 0.364 e. The topological polar surface area (TPSA) is 27.0 Å². The third-order valence-corrected chi connectivity index (χ3v) is 4.24. The van der Waals surface area contributed by atoms with E-state index in [4.69, 9.17) is 5.26 Å². The molecule has 0 bridgehead atoms. The Bertz CT molecular complexity index is 331. The SMILES string of the molecule is CN(c1cccs1)C1CCC(C#N)CC1. The van der Waals surface area contributed by atoms with Gasteiger partial charge in [-0.1, -0.05) is 0 Å². The number of nitrogens with zero attached hydrogens (tertiary/aromatic N) is 2. The number of rotatable bonds is 2. The lowest BCUT2D eigenvalue weighted by atomic mass is 9.86. The van der Waals surface area contributed by atoms with E-state index in [0.29, 0.717) is 12.0 Å². The summed E-state index contributed by atoms with van der Waals surface area (Å²) in [6.45, 7) is 0. The van der Waals surface area contributed by atoms with Gasteiger partial charge in [-0.2, -0.15) is 5.26 Å². The zero-order chi connectivity index (χ0) is 10.7. The summed E-state index contributed by atoms with van der Waals surface area (Å²) in [4.78, 5) is 2.37. The molecule has 0 aromatic carbocycles. The maximum Gasteiger partial charge on any atom is 0.0908 e. The second-order valence-corrected chi connectivity index (χ2v) is 5.12. The van der Waals surface area contributed by atoms with Crippen LogP contribution in [-0.4, -0.2) is 13.1 Å². The van der Waals surface area contributed by atoms with Gasteiger partial charge in [0, 0.05) is 19.0 Å². The van der Waals surface area contributed by atoms with Crippen LogP contribution in [0.15, 0.2) is 17.5 Å². The van der Waals surface area contributed by atoms with Crippen molar-refractivity contribution in [2.45, 2.75) is 31.7 Å². The van der Waals surface area contributed by atoms with Crippen molar-refractivity contribution in [2.75, 3.05) is 11.9 Å². The minimum atomic E-state index is 0.304. The summed E-state index contributed by atoms with van der Waals surface area (Å²) in [6.07, 6.45) is 4.45. The lowest BCUT2D eigenvalue weighted by Gasteiger charge is -2.33. The van der Waals surface area contributed by atoms with Gasteiger partial charge in [0.25, 0.3) is 0 Å². The van der Waals surface area contributed by atoms with Gasteiger partial charge in [0.05, 0.1) is 11.1 Å². The summed E-state index contributed by atoms with van der Waals surface area (Å²) >= 11 is 1.79. The van der Waals surface area contributed by atoms with Crippen molar-refractivity contribution in [3.05, 3.63) is 17.5 Å². The molecule has 1 aromatic heterocycles. The third kappa shape index (κ3) is 2.32. The fourth-order valence-corrected chi connectivity index (χ4v) is 3.01. The van der Waals surface area contributed by atoms with Gasteiger partial charge in [-0.25, -0.2) is 0 Å². The Hall–Kier alpha value is -1.01. The Morgan fingerprint density at radius 2 is 2.13 bits per heavy atom. The maximum absolute atomic E-state index is 8.84. The Kier molecular flexibility index (Phi) is 3.27. The Morgan fingerprint density at radius 3 is 2.67 bits per heavy atom. The quantitative estimate of drug-likeness (QED) is 0.765. The second-order valence-electron chi connectivity index (χ2n) is 4.20. The molecule has 3 heteroatoms. The van der Waals surface area contributed by atoms with Crippen LogP contribution in [0.5, 0.6) is 0 Å². The Labute approximate surface area is 95.1 Å². The van der Waals surface area contributed by atoms with E-state index in [9.17, 15) is 0 Å². The van der Waals surface area contributed by atoms with E-state index < -0.39 is 0 Å². The molecule has 1 saturated carbocycles. The molecule has 2 nitrogen and oxygen atoms in total. The van der Waals surface area contributed by atoms with Gasteiger partial charge in [0.15, 0.2) is 0 Å². The van der Waals surface area contributed by atoms with Crippen molar-refractivity contribution < 1.29 is 0 Å². The summed E-state index contributed by atoms with van der Waals surface area (Å²) in [6, 6.07) is 7.28. The van der Waals surface area contributed by atoms with Crippen LogP contribution in [0.1, 0.15) is 25.7 Å². The lowest BCUT2D eigenvalue weighted by molar-refractivity contribution is 0.373. The van der Waals surface area contributed by atoms with Crippen LogP contribution in [0.4, 0.5) is 5.00 Å². The molecular weight excluding hydrogens is 204 g/mol. The molecule has 0 N–H and O–H groups in total. The van der Waals surface area contributed by atoms with Crippen LogP contribution in [0.2, 0.25) is 0 Å². The number of hydrogen-bond acceptors (Lipinski definition) is 3. The van der Waals surface area contributed by atoms with Crippen molar-refractivity contribution in [3.63, 3.8) is 0 Å². The van der Waals surface area contributed by atoms with Gasteiger partial charge in [0.1, 0.15) is 0 Å². The van der Waals surface area contributed by atoms with E-state index >= 15 is 0 Å². The first kappa shape index (κ1) is 10.5. The van der Waals surface area contributed by atoms with E-state index in [0.717, 1.165) is 25.7 Å². The molecule has 1 aromatic rings.